The van der Waals surface area contributed by atoms with Gasteiger partial charge in [-0.25, -0.2) is 4.98 Å². The van der Waals surface area contributed by atoms with Crippen LogP contribution in [0.5, 0.6) is 11.6 Å². The first kappa shape index (κ1) is 21.4. The first-order valence-corrected chi connectivity index (χ1v) is 12.5. The van der Waals surface area contributed by atoms with Crippen LogP contribution in [0.15, 0.2) is 48.9 Å². The second kappa shape index (κ2) is 8.87. The fraction of sp³-hybridized carbons (Fsp3) is 0.444. The van der Waals surface area contributed by atoms with E-state index in [4.69, 9.17) is 9.84 Å². The highest BCUT2D eigenvalue weighted by molar-refractivity contribution is 5.99. The summed E-state index contributed by atoms with van der Waals surface area (Å²) in [6.07, 6.45) is 11.8. The lowest BCUT2D eigenvalue weighted by Crippen LogP contribution is -2.43. The number of pyridine rings is 1. The Balaban J connectivity index is 1.43. The van der Waals surface area contributed by atoms with Crippen LogP contribution in [-0.4, -0.2) is 39.8 Å². The summed E-state index contributed by atoms with van der Waals surface area (Å²) in [5.74, 6) is 1.78. The first-order valence-electron chi connectivity index (χ1n) is 12.5. The van der Waals surface area contributed by atoms with Crippen LogP contribution in [0.2, 0.25) is 0 Å². The average Bonchev–Trinajstić information content (AvgIpc) is 3.61. The summed E-state index contributed by atoms with van der Waals surface area (Å²) in [6, 6.07) is 10.5. The van der Waals surface area contributed by atoms with Gasteiger partial charge in [0.15, 0.2) is 0 Å². The number of hydrogen-bond acceptors (Lipinski definition) is 5. The SMILES string of the molecule is C[C@H]1CCc2c(ccc(-c3cnn(C4CCNCC4)c3)c2Oc2ccccn2)N1C(=O)C1CC1. The summed E-state index contributed by atoms with van der Waals surface area (Å²) in [6.45, 7) is 4.20. The van der Waals surface area contributed by atoms with Crippen molar-refractivity contribution in [2.45, 2.75) is 57.5 Å². The Hall–Kier alpha value is -3.19. The predicted molar refractivity (Wildman–Crippen MR) is 131 cm³/mol. The molecule has 176 valence electrons. The average molecular weight is 458 g/mol. The van der Waals surface area contributed by atoms with E-state index in [1.165, 1.54) is 0 Å². The zero-order chi connectivity index (χ0) is 23.1. The number of hydrogen-bond donors (Lipinski definition) is 1. The number of rotatable bonds is 5. The summed E-state index contributed by atoms with van der Waals surface area (Å²) >= 11 is 0. The Morgan fingerprint density at radius 3 is 2.71 bits per heavy atom. The number of piperidine rings is 1. The Kier molecular flexibility index (Phi) is 5.57. The normalized spacial score (nSPS) is 20.7. The molecule has 1 aromatic carbocycles. The van der Waals surface area contributed by atoms with Gasteiger partial charge in [-0.1, -0.05) is 6.07 Å². The molecule has 4 heterocycles. The molecule has 6 rings (SSSR count). The minimum Gasteiger partial charge on any atom is -0.438 e. The molecule has 0 spiro atoms. The monoisotopic (exact) mass is 457 g/mol. The third-order valence-corrected chi connectivity index (χ3v) is 7.35. The smallest absolute Gasteiger partial charge is 0.230 e. The number of nitrogens with zero attached hydrogens (tertiary/aromatic N) is 4. The summed E-state index contributed by atoms with van der Waals surface area (Å²) in [5.41, 5.74) is 4.10. The van der Waals surface area contributed by atoms with Gasteiger partial charge in [-0.2, -0.15) is 5.10 Å². The van der Waals surface area contributed by atoms with Gasteiger partial charge < -0.3 is 15.0 Å². The van der Waals surface area contributed by atoms with Crippen molar-refractivity contribution < 1.29 is 9.53 Å². The molecule has 1 N–H and O–H groups in total. The van der Waals surface area contributed by atoms with Gasteiger partial charge in [0.1, 0.15) is 5.75 Å². The van der Waals surface area contributed by atoms with Crippen molar-refractivity contribution in [3.8, 4) is 22.8 Å². The second-order valence-corrected chi connectivity index (χ2v) is 9.77. The summed E-state index contributed by atoms with van der Waals surface area (Å²) in [7, 11) is 0. The van der Waals surface area contributed by atoms with Crippen LogP contribution in [0.4, 0.5) is 5.69 Å². The Bertz CT molecular complexity index is 1180. The van der Waals surface area contributed by atoms with E-state index in [1.54, 1.807) is 6.20 Å². The van der Waals surface area contributed by atoms with Crippen molar-refractivity contribution in [3.05, 3.63) is 54.5 Å². The maximum atomic E-state index is 13.2. The molecule has 1 saturated carbocycles. The lowest BCUT2D eigenvalue weighted by atomic mass is 9.92. The van der Waals surface area contributed by atoms with Crippen LogP contribution in [-0.2, 0) is 11.2 Å². The van der Waals surface area contributed by atoms with Gasteiger partial charge in [0.05, 0.1) is 17.9 Å². The maximum absolute atomic E-state index is 13.2. The van der Waals surface area contributed by atoms with Gasteiger partial charge >= 0.3 is 0 Å². The maximum Gasteiger partial charge on any atom is 0.230 e. The van der Waals surface area contributed by atoms with Crippen LogP contribution < -0.4 is 15.0 Å². The summed E-state index contributed by atoms with van der Waals surface area (Å²) < 4.78 is 8.56. The molecule has 1 aliphatic carbocycles. The van der Waals surface area contributed by atoms with E-state index in [0.29, 0.717) is 11.9 Å². The van der Waals surface area contributed by atoms with Gasteiger partial charge in [-0.05, 0) is 76.7 Å². The Labute approximate surface area is 200 Å². The van der Waals surface area contributed by atoms with Crippen molar-refractivity contribution in [1.82, 2.24) is 20.1 Å². The molecule has 0 bridgehead atoms. The largest absolute Gasteiger partial charge is 0.438 e. The highest BCUT2D eigenvalue weighted by Crippen LogP contribution is 2.46. The molecule has 34 heavy (non-hydrogen) atoms. The van der Waals surface area contributed by atoms with Crippen molar-refractivity contribution in [1.29, 1.82) is 0 Å². The van der Waals surface area contributed by atoms with Gasteiger partial charge in [0.2, 0.25) is 11.8 Å². The van der Waals surface area contributed by atoms with Gasteiger partial charge in [-0.3, -0.25) is 9.48 Å². The number of ether oxygens (including phenoxy) is 1. The molecule has 2 aliphatic heterocycles. The number of fused-ring (bicyclic) bond motifs is 1. The van der Waals surface area contributed by atoms with Crippen LogP contribution in [0.3, 0.4) is 0 Å². The highest BCUT2D eigenvalue weighted by Gasteiger charge is 2.39. The second-order valence-electron chi connectivity index (χ2n) is 9.77. The number of nitrogens with one attached hydrogen (secondary N) is 1. The highest BCUT2D eigenvalue weighted by atomic mass is 16.5. The minimum absolute atomic E-state index is 0.177. The standard InChI is InChI=1S/C27H31N5O2/c1-18-5-8-23-24(32(18)27(33)19-6-7-19)10-9-22(26(23)34-25-4-2-3-13-29-25)20-16-30-31(17-20)21-11-14-28-15-12-21/h2-4,9-10,13,16-19,21,28H,5-8,11-12,14-15H2,1H3/t18-/m0/s1. The topological polar surface area (TPSA) is 72.3 Å². The summed E-state index contributed by atoms with van der Waals surface area (Å²) in [4.78, 5) is 19.6. The van der Waals surface area contributed by atoms with E-state index >= 15 is 0 Å². The molecule has 0 radical (unpaired) electrons. The number of amides is 1. The molecule has 2 fully saturated rings. The van der Waals surface area contributed by atoms with E-state index in [9.17, 15) is 4.79 Å². The van der Waals surface area contributed by atoms with Crippen molar-refractivity contribution >= 4 is 11.6 Å². The molecular weight excluding hydrogens is 426 g/mol. The fourth-order valence-electron chi connectivity index (χ4n) is 5.27. The molecular formula is C27H31N5O2. The Morgan fingerprint density at radius 2 is 1.94 bits per heavy atom. The zero-order valence-corrected chi connectivity index (χ0v) is 19.6. The molecule has 7 heteroatoms. The molecule has 3 aromatic rings. The fourth-order valence-corrected chi connectivity index (χ4v) is 5.27. The van der Waals surface area contributed by atoms with Crippen LogP contribution in [0, 0.1) is 5.92 Å². The number of carbonyl (C=O) groups is 1. The number of carbonyl (C=O) groups excluding carboxylic acids is 1. The third-order valence-electron chi connectivity index (χ3n) is 7.35. The first-order chi connectivity index (χ1) is 16.7. The molecule has 1 saturated heterocycles. The molecule has 2 aromatic heterocycles. The molecule has 1 amide bonds. The number of anilines is 1. The van der Waals surface area contributed by atoms with E-state index < -0.39 is 0 Å². The zero-order valence-electron chi connectivity index (χ0n) is 19.6. The van der Waals surface area contributed by atoms with Gasteiger partial charge in [0.25, 0.3) is 0 Å². The minimum atomic E-state index is 0.177. The lowest BCUT2D eigenvalue weighted by molar-refractivity contribution is -0.120. The van der Waals surface area contributed by atoms with Crippen LogP contribution in [0.25, 0.3) is 11.1 Å². The molecule has 0 unspecified atom stereocenters. The van der Waals surface area contributed by atoms with E-state index in [2.05, 4.69) is 40.2 Å². The van der Waals surface area contributed by atoms with E-state index in [-0.39, 0.29) is 17.9 Å². The Morgan fingerprint density at radius 1 is 1.09 bits per heavy atom. The van der Waals surface area contributed by atoms with Gasteiger partial charge in [-0.15, -0.1) is 0 Å². The van der Waals surface area contributed by atoms with E-state index in [1.807, 2.05) is 29.3 Å². The summed E-state index contributed by atoms with van der Waals surface area (Å²) in [5, 5.41) is 8.14. The molecule has 3 aliphatic rings. The van der Waals surface area contributed by atoms with Crippen molar-refractivity contribution in [2.75, 3.05) is 18.0 Å². The number of benzene rings is 1. The van der Waals surface area contributed by atoms with Crippen molar-refractivity contribution in [2.24, 2.45) is 5.92 Å². The predicted octanol–water partition coefficient (Wildman–Crippen LogP) is 4.74. The lowest BCUT2D eigenvalue weighted by Gasteiger charge is -2.36. The van der Waals surface area contributed by atoms with Gasteiger partial charge in [0, 0.05) is 47.1 Å². The molecule has 7 nitrogen and oxygen atoms in total. The van der Waals surface area contributed by atoms with Crippen molar-refractivity contribution in [3.63, 3.8) is 0 Å². The van der Waals surface area contributed by atoms with E-state index in [0.717, 1.165) is 79.7 Å². The number of aromatic nitrogens is 3. The quantitative estimate of drug-likeness (QED) is 0.599. The van der Waals surface area contributed by atoms with Crippen LogP contribution in [0.1, 0.15) is 50.6 Å². The molecule has 1 atom stereocenters. The van der Waals surface area contributed by atoms with Crippen LogP contribution >= 0.6 is 0 Å². The third kappa shape index (κ3) is 3.98.